The van der Waals surface area contributed by atoms with Gasteiger partial charge in [-0.2, -0.15) is 0 Å². The summed E-state index contributed by atoms with van der Waals surface area (Å²) in [5, 5.41) is 3.57. The summed E-state index contributed by atoms with van der Waals surface area (Å²) in [6, 6.07) is 14.2. The van der Waals surface area contributed by atoms with Crippen LogP contribution in [-0.2, 0) is 16.1 Å². The fourth-order valence-electron chi connectivity index (χ4n) is 2.77. The van der Waals surface area contributed by atoms with E-state index in [1.165, 1.54) is 4.90 Å². The fraction of sp³-hybridized carbons (Fsp3) is 0.391. The number of carbonyl (C=O) groups is 2. The van der Waals surface area contributed by atoms with E-state index in [1.54, 1.807) is 19.1 Å². The lowest BCUT2D eigenvalue weighted by Crippen LogP contribution is -2.50. The third kappa shape index (κ3) is 7.09. The fourth-order valence-corrected chi connectivity index (χ4v) is 2.89. The number of hydrogen-bond acceptors (Lipinski definition) is 3. The molecule has 0 aliphatic rings. The lowest BCUT2D eigenvalue weighted by molar-refractivity contribution is -0.142. The molecule has 6 heteroatoms. The smallest absolute Gasteiger partial charge is 0.261 e. The lowest BCUT2D eigenvalue weighted by atomic mass is 10.1. The molecule has 0 spiro atoms. The van der Waals surface area contributed by atoms with E-state index in [2.05, 4.69) is 5.32 Å². The molecule has 2 aromatic carbocycles. The van der Waals surface area contributed by atoms with Crippen molar-refractivity contribution in [2.24, 2.45) is 0 Å². The van der Waals surface area contributed by atoms with Crippen molar-refractivity contribution >= 4 is 23.4 Å². The summed E-state index contributed by atoms with van der Waals surface area (Å²) in [5.74, 6) is 0.187. The Balaban J connectivity index is 2.14. The van der Waals surface area contributed by atoms with Crippen molar-refractivity contribution < 1.29 is 14.3 Å². The maximum absolute atomic E-state index is 13.0. The Hall–Kier alpha value is -2.53. The van der Waals surface area contributed by atoms with Gasteiger partial charge < -0.3 is 15.0 Å². The Bertz CT molecular complexity index is 823. The largest absolute Gasteiger partial charge is 0.484 e. The standard InChI is InChI=1S/C23H29ClN2O3/c1-5-17(3)25-23(28)18(4)26(14-19-9-11-20(24)12-10-19)22(27)15-29-21-8-6-7-16(2)13-21/h6-13,17-18H,5,14-15H2,1-4H3,(H,25,28)/t17-,18+/m1/s1. The van der Waals surface area contributed by atoms with Crippen LogP contribution in [-0.4, -0.2) is 35.4 Å². The summed E-state index contributed by atoms with van der Waals surface area (Å²) in [6.45, 7) is 7.79. The molecule has 2 amide bonds. The predicted octanol–water partition coefficient (Wildman–Crippen LogP) is 4.36. The number of aryl methyl sites for hydroxylation is 1. The minimum Gasteiger partial charge on any atom is -0.484 e. The van der Waals surface area contributed by atoms with Gasteiger partial charge in [0.1, 0.15) is 11.8 Å². The highest BCUT2D eigenvalue weighted by molar-refractivity contribution is 6.30. The zero-order valence-corrected chi connectivity index (χ0v) is 18.2. The van der Waals surface area contributed by atoms with Gasteiger partial charge in [-0.15, -0.1) is 0 Å². The normalized spacial score (nSPS) is 12.7. The van der Waals surface area contributed by atoms with Crippen LogP contribution < -0.4 is 10.1 Å². The first kappa shape index (κ1) is 22.8. The highest BCUT2D eigenvalue weighted by Gasteiger charge is 2.27. The number of amides is 2. The monoisotopic (exact) mass is 416 g/mol. The minimum absolute atomic E-state index is 0.0426. The molecule has 156 valence electrons. The molecule has 1 N–H and O–H groups in total. The Labute approximate surface area is 178 Å². The van der Waals surface area contributed by atoms with E-state index in [9.17, 15) is 9.59 Å². The van der Waals surface area contributed by atoms with E-state index in [-0.39, 0.29) is 24.5 Å². The van der Waals surface area contributed by atoms with Gasteiger partial charge in [0.2, 0.25) is 5.91 Å². The number of hydrogen-bond donors (Lipinski definition) is 1. The second-order valence-electron chi connectivity index (χ2n) is 7.25. The quantitative estimate of drug-likeness (QED) is 0.660. The second kappa shape index (κ2) is 10.9. The van der Waals surface area contributed by atoms with Crippen molar-refractivity contribution in [3.05, 3.63) is 64.7 Å². The molecular formula is C23H29ClN2O3. The molecule has 0 aliphatic carbocycles. The molecule has 0 saturated carbocycles. The maximum atomic E-state index is 13.0. The molecule has 29 heavy (non-hydrogen) atoms. The number of benzene rings is 2. The van der Waals surface area contributed by atoms with Gasteiger partial charge in [0, 0.05) is 17.6 Å². The molecular weight excluding hydrogens is 388 g/mol. The van der Waals surface area contributed by atoms with Crippen LogP contribution in [0.2, 0.25) is 5.02 Å². The zero-order chi connectivity index (χ0) is 21.4. The molecule has 0 heterocycles. The van der Waals surface area contributed by atoms with Gasteiger partial charge in [0.15, 0.2) is 6.61 Å². The molecule has 0 bridgehead atoms. The first-order valence-corrected chi connectivity index (χ1v) is 10.2. The predicted molar refractivity (Wildman–Crippen MR) is 116 cm³/mol. The van der Waals surface area contributed by atoms with Crippen LogP contribution in [0.25, 0.3) is 0 Å². The Morgan fingerprint density at radius 2 is 1.83 bits per heavy atom. The lowest BCUT2D eigenvalue weighted by Gasteiger charge is -2.29. The van der Waals surface area contributed by atoms with Gasteiger partial charge in [-0.1, -0.05) is 42.8 Å². The molecule has 0 fully saturated rings. The van der Waals surface area contributed by atoms with Crippen LogP contribution in [0, 0.1) is 6.92 Å². The summed E-state index contributed by atoms with van der Waals surface area (Å²) in [5.41, 5.74) is 1.94. The molecule has 0 saturated heterocycles. The van der Waals surface area contributed by atoms with Gasteiger partial charge >= 0.3 is 0 Å². The average Bonchev–Trinajstić information content (AvgIpc) is 2.71. The van der Waals surface area contributed by atoms with E-state index >= 15 is 0 Å². The van der Waals surface area contributed by atoms with Gasteiger partial charge in [-0.3, -0.25) is 9.59 Å². The summed E-state index contributed by atoms with van der Waals surface area (Å²) in [6.07, 6.45) is 0.820. The number of nitrogens with one attached hydrogen (secondary N) is 1. The average molecular weight is 417 g/mol. The summed E-state index contributed by atoms with van der Waals surface area (Å²) >= 11 is 5.96. The molecule has 2 aromatic rings. The van der Waals surface area contributed by atoms with E-state index in [0.717, 1.165) is 17.5 Å². The van der Waals surface area contributed by atoms with Gasteiger partial charge in [-0.25, -0.2) is 0 Å². The van der Waals surface area contributed by atoms with Crippen molar-refractivity contribution in [1.29, 1.82) is 0 Å². The van der Waals surface area contributed by atoms with E-state index in [0.29, 0.717) is 17.3 Å². The third-order valence-electron chi connectivity index (χ3n) is 4.79. The Morgan fingerprint density at radius 1 is 1.14 bits per heavy atom. The summed E-state index contributed by atoms with van der Waals surface area (Å²) < 4.78 is 5.67. The Morgan fingerprint density at radius 3 is 2.45 bits per heavy atom. The minimum atomic E-state index is -0.631. The SMILES string of the molecule is CC[C@@H](C)NC(=O)[C@H](C)N(Cc1ccc(Cl)cc1)C(=O)COc1cccc(C)c1. The highest BCUT2D eigenvalue weighted by atomic mass is 35.5. The molecule has 0 radical (unpaired) electrons. The molecule has 5 nitrogen and oxygen atoms in total. The molecule has 0 aliphatic heterocycles. The maximum Gasteiger partial charge on any atom is 0.261 e. The van der Waals surface area contributed by atoms with Crippen LogP contribution in [0.1, 0.15) is 38.3 Å². The zero-order valence-electron chi connectivity index (χ0n) is 17.4. The Kier molecular flexibility index (Phi) is 8.52. The number of ether oxygens (including phenoxy) is 1. The van der Waals surface area contributed by atoms with Crippen molar-refractivity contribution in [2.75, 3.05) is 6.61 Å². The first-order chi connectivity index (χ1) is 13.8. The third-order valence-corrected chi connectivity index (χ3v) is 5.04. The van der Waals surface area contributed by atoms with Crippen molar-refractivity contribution in [3.8, 4) is 5.75 Å². The molecule has 0 unspecified atom stereocenters. The second-order valence-corrected chi connectivity index (χ2v) is 7.68. The van der Waals surface area contributed by atoms with Crippen LogP contribution in [0.5, 0.6) is 5.75 Å². The van der Waals surface area contributed by atoms with Gasteiger partial charge in [-0.05, 0) is 62.6 Å². The van der Waals surface area contributed by atoms with Crippen LogP contribution in [0.4, 0.5) is 0 Å². The van der Waals surface area contributed by atoms with E-state index < -0.39 is 6.04 Å². The molecule has 2 atom stereocenters. The number of rotatable bonds is 9. The van der Waals surface area contributed by atoms with Crippen molar-refractivity contribution in [2.45, 2.75) is 52.7 Å². The first-order valence-electron chi connectivity index (χ1n) is 9.84. The van der Waals surface area contributed by atoms with Crippen molar-refractivity contribution in [3.63, 3.8) is 0 Å². The highest BCUT2D eigenvalue weighted by Crippen LogP contribution is 2.16. The summed E-state index contributed by atoms with van der Waals surface area (Å²) in [7, 11) is 0. The van der Waals surface area contributed by atoms with E-state index in [4.69, 9.17) is 16.3 Å². The summed E-state index contributed by atoms with van der Waals surface area (Å²) in [4.78, 5) is 27.2. The van der Waals surface area contributed by atoms with Gasteiger partial charge in [0.05, 0.1) is 0 Å². The molecule has 0 aromatic heterocycles. The van der Waals surface area contributed by atoms with Crippen LogP contribution >= 0.6 is 11.6 Å². The number of carbonyl (C=O) groups excluding carboxylic acids is 2. The van der Waals surface area contributed by atoms with Crippen molar-refractivity contribution in [1.82, 2.24) is 10.2 Å². The number of nitrogens with zero attached hydrogens (tertiary/aromatic N) is 1. The molecule has 2 rings (SSSR count). The topological polar surface area (TPSA) is 58.6 Å². The van der Waals surface area contributed by atoms with Crippen LogP contribution in [0.3, 0.4) is 0 Å². The van der Waals surface area contributed by atoms with E-state index in [1.807, 2.05) is 57.2 Å². The van der Waals surface area contributed by atoms with Gasteiger partial charge in [0.25, 0.3) is 5.91 Å². The van der Waals surface area contributed by atoms with Crippen LogP contribution in [0.15, 0.2) is 48.5 Å². The number of halogens is 1.